The third-order valence-corrected chi connectivity index (χ3v) is 4.50. The minimum atomic E-state index is -0.145. The van der Waals surface area contributed by atoms with Gasteiger partial charge in [0.25, 0.3) is 5.91 Å². The highest BCUT2D eigenvalue weighted by Gasteiger charge is 2.08. The zero-order chi connectivity index (χ0) is 20.8. The minimum Gasteiger partial charge on any atom is -0.496 e. The molecule has 0 aliphatic rings. The Bertz CT molecular complexity index is 1150. The summed E-state index contributed by atoms with van der Waals surface area (Å²) >= 11 is 0. The van der Waals surface area contributed by atoms with E-state index in [9.17, 15) is 4.79 Å². The highest BCUT2D eigenvalue weighted by molar-refractivity contribution is 6.04. The molecule has 30 heavy (non-hydrogen) atoms. The number of rotatable bonds is 6. The number of hydrogen-bond donors (Lipinski definition) is 2. The van der Waals surface area contributed by atoms with Crippen LogP contribution in [0.4, 0.5) is 17.2 Å². The van der Waals surface area contributed by atoms with Gasteiger partial charge in [-0.05, 0) is 48.5 Å². The molecule has 4 rings (SSSR count). The molecule has 6 heteroatoms. The lowest BCUT2D eigenvalue weighted by atomic mass is 10.1. The molecular formula is C24H20N4O2. The molecule has 148 valence electrons. The lowest BCUT2D eigenvalue weighted by Crippen LogP contribution is -2.11. The van der Waals surface area contributed by atoms with Crippen molar-refractivity contribution in [2.24, 2.45) is 0 Å². The molecule has 0 bridgehead atoms. The van der Waals surface area contributed by atoms with Gasteiger partial charge in [-0.3, -0.25) is 4.79 Å². The SMILES string of the molecule is COc1ccccc1-c1cc(Nc2ccc(NC(=O)c3ccccc3)cc2)ncn1. The Morgan fingerprint density at radius 2 is 1.53 bits per heavy atom. The smallest absolute Gasteiger partial charge is 0.255 e. The number of carbonyl (C=O) groups excluding carboxylic acids is 1. The number of methoxy groups -OCH3 is 1. The maximum absolute atomic E-state index is 12.3. The van der Waals surface area contributed by atoms with Gasteiger partial charge in [-0.2, -0.15) is 0 Å². The molecule has 1 aromatic heterocycles. The summed E-state index contributed by atoms with van der Waals surface area (Å²) in [5.74, 6) is 1.26. The van der Waals surface area contributed by atoms with Crippen molar-refractivity contribution in [3.8, 4) is 17.0 Å². The molecule has 3 aromatic carbocycles. The van der Waals surface area contributed by atoms with Crippen LogP contribution in [0.1, 0.15) is 10.4 Å². The van der Waals surface area contributed by atoms with E-state index in [4.69, 9.17) is 4.74 Å². The molecule has 0 fully saturated rings. The molecule has 0 spiro atoms. The highest BCUT2D eigenvalue weighted by Crippen LogP contribution is 2.29. The number of anilines is 3. The first-order chi connectivity index (χ1) is 14.7. The standard InChI is InChI=1S/C24H20N4O2/c1-30-22-10-6-5-9-20(22)21-15-23(26-16-25-21)27-18-11-13-19(14-12-18)28-24(29)17-7-3-2-4-8-17/h2-16H,1H3,(H,28,29)(H,25,26,27). The van der Waals surface area contributed by atoms with Gasteiger partial charge in [-0.25, -0.2) is 9.97 Å². The van der Waals surface area contributed by atoms with Crippen molar-refractivity contribution in [2.75, 3.05) is 17.7 Å². The van der Waals surface area contributed by atoms with E-state index in [1.54, 1.807) is 19.2 Å². The molecule has 0 saturated heterocycles. The van der Waals surface area contributed by atoms with Crippen LogP contribution in [-0.2, 0) is 0 Å². The van der Waals surface area contributed by atoms with E-state index in [2.05, 4.69) is 20.6 Å². The Morgan fingerprint density at radius 1 is 0.833 bits per heavy atom. The first kappa shape index (κ1) is 19.1. The lowest BCUT2D eigenvalue weighted by Gasteiger charge is -2.10. The summed E-state index contributed by atoms with van der Waals surface area (Å²) in [6.45, 7) is 0. The number of benzene rings is 3. The van der Waals surface area contributed by atoms with Gasteiger partial charge in [-0.15, -0.1) is 0 Å². The Labute approximate surface area is 174 Å². The zero-order valence-corrected chi connectivity index (χ0v) is 16.4. The molecule has 0 aliphatic carbocycles. The molecule has 1 amide bonds. The monoisotopic (exact) mass is 396 g/mol. The number of ether oxygens (including phenoxy) is 1. The third kappa shape index (κ3) is 4.44. The van der Waals surface area contributed by atoms with Crippen LogP contribution in [0.2, 0.25) is 0 Å². The summed E-state index contributed by atoms with van der Waals surface area (Å²) in [6.07, 6.45) is 1.51. The number of carbonyl (C=O) groups is 1. The number of nitrogens with one attached hydrogen (secondary N) is 2. The van der Waals surface area contributed by atoms with Gasteiger partial charge in [0.05, 0.1) is 12.8 Å². The molecule has 0 saturated carbocycles. The van der Waals surface area contributed by atoms with Gasteiger partial charge < -0.3 is 15.4 Å². The second-order valence-corrected chi connectivity index (χ2v) is 6.51. The molecule has 0 radical (unpaired) electrons. The van der Waals surface area contributed by atoms with E-state index >= 15 is 0 Å². The van der Waals surface area contributed by atoms with E-state index in [0.29, 0.717) is 17.1 Å². The fourth-order valence-corrected chi connectivity index (χ4v) is 3.01. The van der Waals surface area contributed by atoms with Crippen LogP contribution in [0.15, 0.2) is 91.3 Å². The summed E-state index contributed by atoms with van der Waals surface area (Å²) in [6, 6.07) is 26.1. The Morgan fingerprint density at radius 3 is 2.30 bits per heavy atom. The van der Waals surface area contributed by atoms with E-state index in [-0.39, 0.29) is 5.91 Å². The predicted molar refractivity (Wildman–Crippen MR) is 118 cm³/mol. The molecule has 0 aliphatic heterocycles. The fourth-order valence-electron chi connectivity index (χ4n) is 3.01. The number of aromatic nitrogens is 2. The molecule has 1 heterocycles. The van der Waals surface area contributed by atoms with Crippen LogP contribution in [-0.4, -0.2) is 23.0 Å². The maximum atomic E-state index is 12.3. The van der Waals surface area contributed by atoms with Crippen LogP contribution < -0.4 is 15.4 Å². The molecule has 6 nitrogen and oxygen atoms in total. The second-order valence-electron chi connectivity index (χ2n) is 6.51. The summed E-state index contributed by atoms with van der Waals surface area (Å²) < 4.78 is 5.42. The maximum Gasteiger partial charge on any atom is 0.255 e. The lowest BCUT2D eigenvalue weighted by molar-refractivity contribution is 0.102. The van der Waals surface area contributed by atoms with Crippen LogP contribution in [0.3, 0.4) is 0 Å². The van der Waals surface area contributed by atoms with Crippen molar-refractivity contribution < 1.29 is 9.53 Å². The van der Waals surface area contributed by atoms with E-state index < -0.39 is 0 Å². The summed E-state index contributed by atoms with van der Waals surface area (Å²) in [4.78, 5) is 20.9. The van der Waals surface area contributed by atoms with Crippen LogP contribution in [0.5, 0.6) is 5.75 Å². The molecule has 4 aromatic rings. The van der Waals surface area contributed by atoms with E-state index in [0.717, 1.165) is 22.7 Å². The summed E-state index contributed by atoms with van der Waals surface area (Å²) in [7, 11) is 1.64. The predicted octanol–water partition coefficient (Wildman–Crippen LogP) is 5.15. The molecule has 0 atom stereocenters. The topological polar surface area (TPSA) is 76.1 Å². The van der Waals surface area contributed by atoms with Crippen molar-refractivity contribution in [2.45, 2.75) is 0 Å². The quantitative estimate of drug-likeness (QED) is 0.471. The average molecular weight is 396 g/mol. The molecule has 0 unspecified atom stereocenters. The molecular weight excluding hydrogens is 376 g/mol. The van der Waals surface area contributed by atoms with Crippen molar-refractivity contribution in [3.05, 3.63) is 96.8 Å². The Kier molecular flexibility index (Phi) is 5.66. The highest BCUT2D eigenvalue weighted by atomic mass is 16.5. The Hall–Kier alpha value is -4.19. The van der Waals surface area contributed by atoms with E-state index in [1.165, 1.54) is 6.33 Å². The van der Waals surface area contributed by atoms with E-state index in [1.807, 2.05) is 72.8 Å². The van der Waals surface area contributed by atoms with Crippen LogP contribution in [0, 0.1) is 0 Å². The van der Waals surface area contributed by atoms with Crippen LogP contribution >= 0.6 is 0 Å². The second kappa shape index (κ2) is 8.87. The van der Waals surface area contributed by atoms with Crippen molar-refractivity contribution in [1.29, 1.82) is 0 Å². The van der Waals surface area contributed by atoms with Gasteiger partial charge in [-0.1, -0.05) is 30.3 Å². The molecule has 2 N–H and O–H groups in total. The summed E-state index contributed by atoms with van der Waals surface area (Å²) in [5.41, 5.74) is 3.83. The number of amides is 1. The first-order valence-electron chi connectivity index (χ1n) is 9.42. The van der Waals surface area contributed by atoms with Gasteiger partial charge in [0, 0.05) is 28.6 Å². The zero-order valence-electron chi connectivity index (χ0n) is 16.4. The average Bonchev–Trinajstić information content (AvgIpc) is 2.81. The van der Waals surface area contributed by atoms with Gasteiger partial charge in [0.15, 0.2) is 0 Å². The van der Waals surface area contributed by atoms with Crippen molar-refractivity contribution >= 4 is 23.1 Å². The fraction of sp³-hybridized carbons (Fsp3) is 0.0417. The van der Waals surface area contributed by atoms with Gasteiger partial charge in [0.1, 0.15) is 17.9 Å². The van der Waals surface area contributed by atoms with Crippen molar-refractivity contribution in [1.82, 2.24) is 9.97 Å². The third-order valence-electron chi connectivity index (χ3n) is 4.50. The minimum absolute atomic E-state index is 0.145. The number of para-hydroxylation sites is 1. The van der Waals surface area contributed by atoms with Crippen LogP contribution in [0.25, 0.3) is 11.3 Å². The van der Waals surface area contributed by atoms with Crippen molar-refractivity contribution in [3.63, 3.8) is 0 Å². The normalized spacial score (nSPS) is 10.3. The number of hydrogen-bond acceptors (Lipinski definition) is 5. The largest absolute Gasteiger partial charge is 0.496 e. The van der Waals surface area contributed by atoms with Gasteiger partial charge in [0.2, 0.25) is 0 Å². The number of nitrogens with zero attached hydrogens (tertiary/aromatic N) is 2. The Balaban J connectivity index is 1.47. The summed E-state index contributed by atoms with van der Waals surface area (Å²) in [5, 5.41) is 6.15. The van der Waals surface area contributed by atoms with Gasteiger partial charge >= 0.3 is 0 Å². The first-order valence-corrected chi connectivity index (χ1v) is 9.42.